The average Bonchev–Trinajstić information content (AvgIpc) is 3.41. The first kappa shape index (κ1) is 23.1. The van der Waals surface area contributed by atoms with E-state index in [4.69, 9.17) is 9.47 Å². The number of imide groups is 1. The van der Waals surface area contributed by atoms with Crippen molar-refractivity contribution < 1.29 is 24.0 Å². The van der Waals surface area contributed by atoms with Gasteiger partial charge in [-0.1, -0.05) is 0 Å². The van der Waals surface area contributed by atoms with Crippen LogP contribution in [0.5, 0.6) is 11.5 Å². The van der Waals surface area contributed by atoms with Gasteiger partial charge in [-0.25, -0.2) is 0 Å². The first-order chi connectivity index (χ1) is 17.0. The molecule has 5 rings (SSSR count). The van der Waals surface area contributed by atoms with Crippen LogP contribution in [0.25, 0.3) is 0 Å². The first-order valence-electron chi connectivity index (χ1n) is 11.4. The van der Waals surface area contributed by atoms with Crippen molar-refractivity contribution in [3.63, 3.8) is 0 Å². The molecule has 1 atom stereocenters. The van der Waals surface area contributed by atoms with E-state index < -0.39 is 13.4 Å². The van der Waals surface area contributed by atoms with Gasteiger partial charge < -0.3 is 0 Å². The van der Waals surface area contributed by atoms with Crippen molar-refractivity contribution in [2.24, 2.45) is 0 Å². The van der Waals surface area contributed by atoms with Crippen LogP contribution in [0.15, 0.2) is 78.9 Å². The molecule has 8 nitrogen and oxygen atoms in total. The topological polar surface area (TPSA) is 82.6 Å². The van der Waals surface area contributed by atoms with Crippen LogP contribution in [0.1, 0.15) is 6.42 Å². The van der Waals surface area contributed by atoms with E-state index in [9.17, 15) is 14.5 Å². The van der Waals surface area contributed by atoms with Crippen molar-refractivity contribution in [3.8, 4) is 11.5 Å². The Kier molecular flexibility index (Phi) is 6.09. The Labute approximate surface area is 204 Å². The number of methoxy groups -OCH3 is 2. The van der Waals surface area contributed by atoms with Crippen LogP contribution < -0.4 is 23.7 Å². The molecular weight excluding hydrogens is 465 g/mol. The van der Waals surface area contributed by atoms with Crippen LogP contribution in [0.3, 0.4) is 0 Å². The van der Waals surface area contributed by atoms with Crippen LogP contribution in [0.4, 0.5) is 17.1 Å². The summed E-state index contributed by atoms with van der Waals surface area (Å²) in [6.07, 6.45) is -0.0459. The predicted molar refractivity (Wildman–Crippen MR) is 139 cm³/mol. The molecule has 2 fully saturated rings. The third-order valence-corrected chi connectivity index (χ3v) is 10.7. The fourth-order valence-electron chi connectivity index (χ4n) is 5.00. The molecule has 1 N–H and O–H groups in total. The molecule has 0 spiro atoms. The molecule has 2 heterocycles. The molecule has 2 aliphatic heterocycles. The number of nitrogens with zero attached hydrogens (tertiary/aromatic N) is 3. The Morgan fingerprint density at radius 1 is 0.743 bits per heavy atom. The number of ether oxygens (including phenoxy) is 2. The van der Waals surface area contributed by atoms with Gasteiger partial charge >= 0.3 is 205 Å². The van der Waals surface area contributed by atoms with Gasteiger partial charge in [-0.05, 0) is 0 Å². The molecule has 1 unspecified atom stereocenters. The van der Waals surface area contributed by atoms with Crippen LogP contribution in [0.2, 0.25) is 0 Å². The van der Waals surface area contributed by atoms with Crippen molar-refractivity contribution >= 4 is 36.7 Å². The van der Waals surface area contributed by atoms with Gasteiger partial charge in [-0.15, -0.1) is 0 Å². The normalized spacial score (nSPS) is 20.3. The molecule has 3 aromatic rings. The first-order valence-corrected chi connectivity index (χ1v) is 13.4. The molecule has 0 radical (unpaired) electrons. The summed E-state index contributed by atoms with van der Waals surface area (Å²) >= 11 is 0. The van der Waals surface area contributed by atoms with E-state index in [1.54, 1.807) is 38.5 Å². The van der Waals surface area contributed by atoms with Gasteiger partial charge in [0, 0.05) is 0 Å². The van der Waals surface area contributed by atoms with E-state index in [0.717, 1.165) is 11.4 Å². The molecule has 0 aliphatic carbocycles. The molecule has 9 heteroatoms. The Balaban J connectivity index is 1.58. The van der Waals surface area contributed by atoms with Gasteiger partial charge in [0.2, 0.25) is 0 Å². The number of para-hydroxylation sites is 1. The van der Waals surface area contributed by atoms with Crippen molar-refractivity contribution in [1.29, 1.82) is 0 Å². The van der Waals surface area contributed by atoms with Gasteiger partial charge in [-0.2, -0.15) is 0 Å². The summed E-state index contributed by atoms with van der Waals surface area (Å²) in [4.78, 5) is 40.6. The number of benzene rings is 3. The maximum atomic E-state index is 13.7. The van der Waals surface area contributed by atoms with E-state index in [1.807, 2.05) is 63.9 Å². The van der Waals surface area contributed by atoms with E-state index in [-0.39, 0.29) is 18.2 Å². The molecular formula is C26H28N3O5P. The monoisotopic (exact) mass is 493 g/mol. The summed E-state index contributed by atoms with van der Waals surface area (Å²) in [6.45, 7) is 1.04. The van der Waals surface area contributed by atoms with Gasteiger partial charge in [0.25, 0.3) is 0 Å². The summed E-state index contributed by atoms with van der Waals surface area (Å²) in [5.74, 6) is 0.734. The fourth-order valence-corrected chi connectivity index (χ4v) is 8.87. The van der Waals surface area contributed by atoms with Crippen molar-refractivity contribution in [2.45, 2.75) is 12.1 Å². The fraction of sp³-hybridized carbons (Fsp3) is 0.231. The second-order valence-electron chi connectivity index (χ2n) is 8.55. The van der Waals surface area contributed by atoms with E-state index >= 15 is 0 Å². The Morgan fingerprint density at radius 3 is 1.69 bits per heavy atom. The van der Waals surface area contributed by atoms with E-state index in [2.05, 4.69) is 0 Å². The molecule has 0 saturated carbocycles. The second-order valence-corrected chi connectivity index (χ2v) is 11.7. The van der Waals surface area contributed by atoms with Gasteiger partial charge in [0.15, 0.2) is 0 Å². The van der Waals surface area contributed by atoms with Crippen molar-refractivity contribution in [3.05, 3.63) is 78.9 Å². The average molecular weight is 494 g/mol. The molecule has 0 aromatic heterocycles. The van der Waals surface area contributed by atoms with E-state index in [0.29, 0.717) is 30.3 Å². The van der Waals surface area contributed by atoms with Gasteiger partial charge in [-0.3, -0.25) is 0 Å². The number of anilines is 3. The summed E-state index contributed by atoms with van der Waals surface area (Å²) in [7, 11) is -0.556. The van der Waals surface area contributed by atoms with Crippen molar-refractivity contribution in [1.82, 2.24) is 0 Å². The number of carbonyl (C=O) groups is 2. The maximum absolute atomic E-state index is 13.7. The number of amides is 2. The number of carbonyl (C=O) groups excluding carboxylic acids is 2. The molecule has 2 aliphatic rings. The minimum atomic E-state index is -3.76. The van der Waals surface area contributed by atoms with Crippen molar-refractivity contribution in [2.75, 3.05) is 41.5 Å². The summed E-state index contributed by atoms with van der Waals surface area (Å²) in [5, 5.41) is 0. The predicted octanol–water partition coefficient (Wildman–Crippen LogP) is 3.85. The number of hydrogen-bond donors (Lipinski definition) is 1. The van der Waals surface area contributed by atoms with Crippen LogP contribution in [-0.4, -0.2) is 49.7 Å². The van der Waals surface area contributed by atoms with Crippen LogP contribution in [0, 0.1) is 0 Å². The number of rotatable bonds is 6. The summed E-state index contributed by atoms with van der Waals surface area (Å²) in [5.41, 5.74) is 1.23. The van der Waals surface area contributed by atoms with Gasteiger partial charge in [0.05, 0.1) is 0 Å². The zero-order valence-corrected chi connectivity index (χ0v) is 20.6. The molecule has 3 aromatic carbocycles. The quantitative estimate of drug-likeness (QED) is 0.413. The number of hydrogen-bond acceptors (Lipinski definition) is 7. The molecule has 182 valence electrons. The molecule has 2 saturated heterocycles. The third kappa shape index (κ3) is 3.89. The minimum absolute atomic E-state index is 0.0459. The zero-order valence-electron chi connectivity index (χ0n) is 19.6. The Morgan fingerprint density at radius 2 is 1.23 bits per heavy atom. The summed E-state index contributed by atoms with van der Waals surface area (Å²) in [6, 6.07) is 23.7. The zero-order chi connectivity index (χ0) is 24.6. The van der Waals surface area contributed by atoms with Gasteiger partial charge in [0.1, 0.15) is 0 Å². The van der Waals surface area contributed by atoms with Crippen LogP contribution >= 0.6 is 7.79 Å². The molecule has 35 heavy (non-hydrogen) atoms. The van der Waals surface area contributed by atoms with E-state index in [1.165, 1.54) is 4.90 Å². The Hall–Kier alpha value is -3.61. The summed E-state index contributed by atoms with van der Waals surface area (Å²) < 4.78 is 14.4. The molecule has 2 amide bonds. The van der Waals surface area contributed by atoms with Crippen LogP contribution in [-0.2, 0) is 9.59 Å². The Bertz CT molecular complexity index is 1160. The SMILES string of the molecule is COc1ccc(N2CCN(c3ccc(OC)cc3)[PH]2(O)C2CC(=O)N(c3ccccc3)C2=O)cc1. The third-order valence-electron chi connectivity index (χ3n) is 6.74. The molecule has 0 bridgehead atoms. The second kappa shape index (κ2) is 9.21. The standard InChI is InChI=1S/C26H28N3O5P/c1-33-22-12-8-19(9-13-22)27-16-17-28(20-10-14-23(34-2)15-11-20)35(27,32)24-18-25(30)29(26(24)31)21-6-4-3-5-7-21/h3-15,24,32,35H,16-18H2,1-2H3.